The molecule has 0 amide bonds. The molecule has 0 unspecified atom stereocenters. The number of hydrogen-bond acceptors (Lipinski definition) is 6. The number of pyridine rings is 2. The van der Waals surface area contributed by atoms with Crippen molar-refractivity contribution in [1.82, 2.24) is 34.3 Å². The number of nitrogens with zero attached hydrogens (tertiary/aromatic N) is 7. The van der Waals surface area contributed by atoms with Crippen molar-refractivity contribution in [2.24, 2.45) is 0 Å². The van der Waals surface area contributed by atoms with Crippen LogP contribution >= 0.6 is 0 Å². The minimum Gasteiger partial charge on any atom is -0.383 e. The van der Waals surface area contributed by atoms with E-state index in [9.17, 15) is 0 Å². The Morgan fingerprint density at radius 2 is 1.87 bits per heavy atom. The SMILES string of the molecule is Cc1ncn(-c2ccc3nc(-c4cccnc4N)n(-c4ccc5c(c4)CCC5)c3n2)n1. The van der Waals surface area contributed by atoms with Gasteiger partial charge in [0.2, 0.25) is 0 Å². The fourth-order valence-electron chi connectivity index (χ4n) is 4.26. The Kier molecular flexibility index (Phi) is 3.86. The third-order valence-corrected chi connectivity index (χ3v) is 5.75. The highest BCUT2D eigenvalue weighted by atomic mass is 15.4. The second-order valence-electron chi connectivity index (χ2n) is 7.76. The summed E-state index contributed by atoms with van der Waals surface area (Å²) < 4.78 is 3.74. The maximum absolute atomic E-state index is 6.23. The lowest BCUT2D eigenvalue weighted by Gasteiger charge is -2.12. The Bertz CT molecular complexity index is 1450. The molecule has 0 atom stereocenters. The molecule has 2 N–H and O–H groups in total. The summed E-state index contributed by atoms with van der Waals surface area (Å²) in [7, 11) is 0. The Hall–Kier alpha value is -4.07. The number of rotatable bonds is 3. The van der Waals surface area contributed by atoms with Crippen LogP contribution in [0, 0.1) is 6.92 Å². The standard InChI is InChI=1S/C23H20N8/c1-14-26-13-30(29-14)20-10-9-19-23(28-20)31(17-8-7-15-4-2-5-16(15)12-17)22(27-19)18-6-3-11-25-21(18)24/h3,6-13H,2,4-5H2,1H3,(H2,24,25). The average Bonchev–Trinajstić information content (AvgIpc) is 3.50. The minimum absolute atomic E-state index is 0.437. The van der Waals surface area contributed by atoms with Gasteiger partial charge in [0.1, 0.15) is 23.5 Å². The molecule has 0 aliphatic heterocycles. The summed E-state index contributed by atoms with van der Waals surface area (Å²) in [5.74, 6) is 2.53. The number of imidazole rings is 1. The summed E-state index contributed by atoms with van der Waals surface area (Å²) in [6.45, 7) is 1.85. The molecule has 0 radical (unpaired) electrons. The highest BCUT2D eigenvalue weighted by Crippen LogP contribution is 2.32. The lowest BCUT2D eigenvalue weighted by atomic mass is 10.1. The van der Waals surface area contributed by atoms with Crippen molar-refractivity contribution in [3.63, 3.8) is 0 Å². The van der Waals surface area contributed by atoms with Gasteiger partial charge in [-0.3, -0.25) is 4.57 Å². The first-order valence-electron chi connectivity index (χ1n) is 10.3. The zero-order valence-electron chi connectivity index (χ0n) is 17.0. The van der Waals surface area contributed by atoms with Crippen LogP contribution in [-0.4, -0.2) is 34.3 Å². The first-order chi connectivity index (χ1) is 15.2. The van der Waals surface area contributed by atoms with Gasteiger partial charge in [0.15, 0.2) is 17.3 Å². The maximum Gasteiger partial charge on any atom is 0.167 e. The van der Waals surface area contributed by atoms with Crippen molar-refractivity contribution in [2.75, 3.05) is 5.73 Å². The third kappa shape index (κ3) is 2.87. The molecule has 8 nitrogen and oxygen atoms in total. The highest BCUT2D eigenvalue weighted by molar-refractivity contribution is 5.83. The number of nitrogen functional groups attached to an aromatic ring is 1. The molecule has 152 valence electrons. The first kappa shape index (κ1) is 17.8. The maximum atomic E-state index is 6.23. The van der Waals surface area contributed by atoms with Crippen molar-refractivity contribution in [2.45, 2.75) is 26.2 Å². The van der Waals surface area contributed by atoms with E-state index in [0.717, 1.165) is 41.1 Å². The lowest BCUT2D eigenvalue weighted by molar-refractivity contribution is 0.834. The largest absolute Gasteiger partial charge is 0.383 e. The van der Waals surface area contributed by atoms with E-state index in [1.54, 1.807) is 17.2 Å². The Morgan fingerprint density at radius 3 is 2.71 bits per heavy atom. The molecule has 5 aromatic rings. The van der Waals surface area contributed by atoms with Crippen LogP contribution < -0.4 is 5.73 Å². The van der Waals surface area contributed by atoms with Crippen molar-refractivity contribution >= 4 is 17.0 Å². The highest BCUT2D eigenvalue weighted by Gasteiger charge is 2.20. The van der Waals surface area contributed by atoms with Crippen molar-refractivity contribution in [3.8, 4) is 22.9 Å². The van der Waals surface area contributed by atoms with Gasteiger partial charge in [-0.25, -0.2) is 24.6 Å². The van der Waals surface area contributed by atoms with Crippen LogP contribution in [0.3, 0.4) is 0 Å². The molecule has 31 heavy (non-hydrogen) atoms. The van der Waals surface area contributed by atoms with E-state index in [1.165, 1.54) is 17.5 Å². The van der Waals surface area contributed by atoms with E-state index in [-0.39, 0.29) is 0 Å². The average molecular weight is 408 g/mol. The van der Waals surface area contributed by atoms with Crippen LogP contribution in [-0.2, 0) is 12.8 Å². The second kappa shape index (κ2) is 6.73. The molecular formula is C23H20N8. The summed E-state index contributed by atoms with van der Waals surface area (Å²) in [4.78, 5) is 18.3. The molecule has 1 aromatic carbocycles. The minimum atomic E-state index is 0.437. The fraction of sp³-hybridized carbons (Fsp3) is 0.174. The zero-order valence-corrected chi connectivity index (χ0v) is 17.0. The van der Waals surface area contributed by atoms with E-state index >= 15 is 0 Å². The number of aromatic nitrogens is 7. The van der Waals surface area contributed by atoms with Crippen LogP contribution in [0.1, 0.15) is 23.4 Å². The molecule has 1 aliphatic carbocycles. The number of aryl methyl sites for hydroxylation is 3. The predicted octanol–water partition coefficient (Wildman–Crippen LogP) is 3.44. The predicted molar refractivity (Wildman–Crippen MR) is 118 cm³/mol. The molecule has 0 saturated heterocycles. The van der Waals surface area contributed by atoms with Gasteiger partial charge in [-0.15, -0.1) is 0 Å². The molecular weight excluding hydrogens is 388 g/mol. The van der Waals surface area contributed by atoms with Crippen molar-refractivity contribution in [1.29, 1.82) is 0 Å². The number of hydrogen-bond donors (Lipinski definition) is 1. The van der Waals surface area contributed by atoms with Gasteiger partial charge < -0.3 is 5.73 Å². The van der Waals surface area contributed by atoms with E-state index < -0.39 is 0 Å². The number of benzene rings is 1. The van der Waals surface area contributed by atoms with Gasteiger partial charge in [0.25, 0.3) is 0 Å². The second-order valence-corrected chi connectivity index (χ2v) is 7.76. The van der Waals surface area contributed by atoms with Crippen molar-refractivity contribution < 1.29 is 0 Å². The zero-order chi connectivity index (χ0) is 20.9. The molecule has 4 heterocycles. The van der Waals surface area contributed by atoms with Crippen LogP contribution in [0.4, 0.5) is 5.82 Å². The van der Waals surface area contributed by atoms with E-state index in [1.807, 2.05) is 31.2 Å². The van der Waals surface area contributed by atoms with Gasteiger partial charge in [-0.05, 0) is 73.7 Å². The molecule has 1 aliphatic rings. The smallest absolute Gasteiger partial charge is 0.167 e. The summed E-state index contributed by atoms with van der Waals surface area (Å²) in [5.41, 5.74) is 12.3. The van der Waals surface area contributed by atoms with Gasteiger partial charge >= 0.3 is 0 Å². The van der Waals surface area contributed by atoms with Gasteiger partial charge in [-0.1, -0.05) is 6.07 Å². The molecule has 0 saturated carbocycles. The van der Waals surface area contributed by atoms with Gasteiger partial charge in [-0.2, -0.15) is 5.10 Å². The van der Waals surface area contributed by atoms with Gasteiger partial charge in [0, 0.05) is 11.9 Å². The lowest BCUT2D eigenvalue weighted by Crippen LogP contribution is -2.04. The number of nitrogens with two attached hydrogens (primary N) is 1. The third-order valence-electron chi connectivity index (χ3n) is 5.75. The molecule has 0 fully saturated rings. The Balaban J connectivity index is 1.64. The summed E-state index contributed by atoms with van der Waals surface area (Å²) >= 11 is 0. The number of fused-ring (bicyclic) bond motifs is 2. The number of anilines is 1. The van der Waals surface area contributed by atoms with Crippen LogP contribution in [0.15, 0.2) is 55.0 Å². The molecule has 8 heteroatoms. The monoisotopic (exact) mass is 408 g/mol. The van der Waals surface area contributed by atoms with E-state index in [4.69, 9.17) is 15.7 Å². The Labute approximate surface area is 178 Å². The van der Waals surface area contributed by atoms with Crippen LogP contribution in [0.2, 0.25) is 0 Å². The van der Waals surface area contributed by atoms with E-state index in [0.29, 0.717) is 17.5 Å². The normalized spacial score (nSPS) is 13.1. The topological polar surface area (TPSA) is 100 Å². The van der Waals surface area contributed by atoms with Crippen LogP contribution in [0.25, 0.3) is 34.1 Å². The summed E-state index contributed by atoms with van der Waals surface area (Å²) in [6.07, 6.45) is 6.78. The summed E-state index contributed by atoms with van der Waals surface area (Å²) in [5, 5.41) is 4.40. The van der Waals surface area contributed by atoms with Gasteiger partial charge in [0.05, 0.1) is 5.56 Å². The molecule has 0 spiro atoms. The fourth-order valence-corrected chi connectivity index (χ4v) is 4.26. The van der Waals surface area contributed by atoms with Crippen LogP contribution in [0.5, 0.6) is 0 Å². The molecule has 6 rings (SSSR count). The summed E-state index contributed by atoms with van der Waals surface area (Å²) in [6, 6.07) is 14.2. The van der Waals surface area contributed by atoms with Crippen molar-refractivity contribution in [3.05, 3.63) is 71.9 Å². The Morgan fingerprint density at radius 1 is 0.968 bits per heavy atom. The molecule has 0 bridgehead atoms. The van der Waals surface area contributed by atoms with E-state index in [2.05, 4.69) is 37.8 Å². The molecule has 4 aromatic heterocycles. The first-order valence-corrected chi connectivity index (χ1v) is 10.3. The quantitative estimate of drug-likeness (QED) is 0.491.